The van der Waals surface area contributed by atoms with E-state index < -0.39 is 0 Å². The van der Waals surface area contributed by atoms with Gasteiger partial charge in [0.05, 0.1) is 57.6 Å². The minimum Gasteiger partial charge on any atom is -0.490 e. The third-order valence-corrected chi connectivity index (χ3v) is 20.3. The molecule has 0 spiro atoms. The summed E-state index contributed by atoms with van der Waals surface area (Å²) in [5, 5.41) is 0. The number of rotatable bonds is 73. The molecule has 1 heterocycles. The normalized spacial score (nSPS) is 11.4. The van der Waals surface area contributed by atoms with Gasteiger partial charge in [0.2, 0.25) is 5.75 Å². The van der Waals surface area contributed by atoms with Gasteiger partial charge in [0, 0.05) is 16.7 Å². The zero-order chi connectivity index (χ0) is 71.8. The quantitative estimate of drug-likeness (QED) is 0.0401. The molecule has 0 aliphatic heterocycles. The molecular weight excluding hydrogens is 1250 g/mol. The molecule has 101 heavy (non-hydrogen) atoms. The number of unbranched alkanes of at least 4 members (excludes halogenated alkanes) is 49. The molecule has 0 aliphatic rings. The predicted octanol–water partition coefficient (Wildman–Crippen LogP) is 30.1. The van der Waals surface area contributed by atoms with E-state index in [0.29, 0.717) is 57.8 Å². The van der Waals surface area contributed by atoms with Crippen LogP contribution in [0.2, 0.25) is 0 Å². The van der Waals surface area contributed by atoms with Crippen LogP contribution in [0.3, 0.4) is 0 Å². The van der Waals surface area contributed by atoms with Crippen molar-refractivity contribution >= 4 is 0 Å². The first-order valence-corrected chi connectivity index (χ1v) is 43.8. The van der Waals surface area contributed by atoms with Gasteiger partial charge in [-0.15, -0.1) is 0 Å². The molecule has 0 saturated heterocycles. The summed E-state index contributed by atoms with van der Waals surface area (Å²) in [5.41, 5.74) is 4.29. The first-order valence-electron chi connectivity index (χ1n) is 43.8. The van der Waals surface area contributed by atoms with Gasteiger partial charge in [-0.25, -0.2) is 9.97 Å². The molecule has 0 bridgehead atoms. The van der Waals surface area contributed by atoms with Crippen molar-refractivity contribution in [3.8, 4) is 74.1 Å². The van der Waals surface area contributed by atoms with Crippen LogP contribution < -0.4 is 33.2 Å². The molecule has 0 aliphatic carbocycles. The van der Waals surface area contributed by atoms with Crippen LogP contribution in [0, 0.1) is 0 Å². The van der Waals surface area contributed by atoms with E-state index in [1.807, 2.05) is 0 Å². The molecule has 0 atom stereocenters. The van der Waals surface area contributed by atoms with Gasteiger partial charge in [-0.05, 0) is 99.5 Å². The van der Waals surface area contributed by atoms with Crippen molar-refractivity contribution in [2.75, 3.05) is 46.2 Å². The zero-order valence-electron chi connectivity index (χ0n) is 67.0. The lowest BCUT2D eigenvalue weighted by atomic mass is 10.0. The summed E-state index contributed by atoms with van der Waals surface area (Å²) in [7, 11) is 0. The molecule has 9 heteroatoms. The molecule has 576 valence electrons. The summed E-state index contributed by atoms with van der Waals surface area (Å²) in [4.78, 5) is 11.1. The first kappa shape index (κ1) is 88.7. The summed E-state index contributed by atoms with van der Waals surface area (Å²) in [6, 6.07) is 19.3. The molecule has 9 nitrogen and oxygen atoms in total. The molecule has 0 unspecified atom stereocenters. The van der Waals surface area contributed by atoms with E-state index in [0.717, 1.165) is 140 Å². The highest BCUT2D eigenvalue weighted by Gasteiger charge is 2.22. The minimum absolute atomic E-state index is 0.606. The van der Waals surface area contributed by atoms with Crippen LogP contribution in [0.25, 0.3) is 33.9 Å². The Morgan fingerprint density at radius 2 is 0.396 bits per heavy atom. The maximum atomic E-state index is 7.00. The minimum atomic E-state index is 0.606. The fourth-order valence-corrected chi connectivity index (χ4v) is 13.7. The number of hydrogen-bond donors (Lipinski definition) is 0. The number of benzene rings is 3. The summed E-state index contributed by atoms with van der Waals surface area (Å²) in [6.07, 6.45) is 69.6. The van der Waals surface area contributed by atoms with E-state index in [9.17, 15) is 0 Å². The van der Waals surface area contributed by atoms with Gasteiger partial charge >= 0.3 is 0 Å². The second kappa shape index (κ2) is 63.8. The van der Waals surface area contributed by atoms with Crippen molar-refractivity contribution in [3.63, 3.8) is 0 Å². The molecule has 3 aromatic carbocycles. The highest BCUT2D eigenvalue weighted by atomic mass is 16.5. The standard InChI is InChI=1S/C92H156N2O7/c1-8-15-22-29-36-43-50-57-68-95-85-66-64-80(75-87(85)97-70-59-52-45-38-31-24-17-10-3)83-79-84(94-92(93-83)81-65-67-86(96-69-58-51-44-37-30-23-16-9-2)88(76-81)98-71-60-53-46-39-32-25-18-11-4)82-77-89(99-72-61-54-47-40-33-26-19-12-5)91(101-74-63-56-49-42-35-28-21-14-7)90(78-82)100-73-62-55-48-41-34-27-20-13-6/h64-67,75-79H,8-63,68-74H2,1-7H3. The third kappa shape index (κ3) is 43.4. The first-order chi connectivity index (χ1) is 50.0. The van der Waals surface area contributed by atoms with Gasteiger partial charge < -0.3 is 33.2 Å². The molecule has 4 rings (SSSR count). The summed E-state index contributed by atoms with van der Waals surface area (Å²) in [6.45, 7) is 20.5. The van der Waals surface area contributed by atoms with Gasteiger partial charge in [-0.2, -0.15) is 0 Å². The van der Waals surface area contributed by atoms with Crippen molar-refractivity contribution in [3.05, 3.63) is 54.6 Å². The molecule has 4 aromatic rings. The predicted molar refractivity (Wildman–Crippen MR) is 435 cm³/mol. The maximum Gasteiger partial charge on any atom is 0.203 e. The van der Waals surface area contributed by atoms with Crippen LogP contribution in [-0.2, 0) is 0 Å². The summed E-state index contributed by atoms with van der Waals surface area (Å²) >= 11 is 0. The largest absolute Gasteiger partial charge is 0.490 e. The fraction of sp³-hybridized carbons (Fsp3) is 0.761. The highest BCUT2D eigenvalue weighted by Crippen LogP contribution is 2.44. The average molecular weight is 1400 g/mol. The van der Waals surface area contributed by atoms with E-state index in [4.69, 9.17) is 43.1 Å². The van der Waals surface area contributed by atoms with Gasteiger partial charge in [0.1, 0.15) is 0 Å². The molecule has 0 N–H and O–H groups in total. The van der Waals surface area contributed by atoms with Crippen molar-refractivity contribution in [2.24, 2.45) is 0 Å². The average Bonchev–Trinajstić information content (AvgIpc) is 0.794. The summed E-state index contributed by atoms with van der Waals surface area (Å²) < 4.78 is 48.0. The van der Waals surface area contributed by atoms with Crippen LogP contribution in [0.4, 0.5) is 0 Å². The monoisotopic (exact) mass is 1400 g/mol. The Balaban J connectivity index is 1.88. The van der Waals surface area contributed by atoms with E-state index in [-0.39, 0.29) is 0 Å². The van der Waals surface area contributed by atoms with Crippen molar-refractivity contribution in [1.82, 2.24) is 9.97 Å². The smallest absolute Gasteiger partial charge is 0.203 e. The van der Waals surface area contributed by atoms with Crippen LogP contribution in [-0.4, -0.2) is 56.2 Å². The number of ether oxygens (including phenoxy) is 7. The Labute approximate surface area is 622 Å². The number of hydrogen-bond acceptors (Lipinski definition) is 9. The van der Waals surface area contributed by atoms with Crippen LogP contribution in [0.15, 0.2) is 54.6 Å². The van der Waals surface area contributed by atoms with Gasteiger partial charge in [0.15, 0.2) is 40.3 Å². The Bertz CT molecular complexity index is 2380. The molecule has 1 aromatic heterocycles. The third-order valence-electron chi connectivity index (χ3n) is 20.3. The van der Waals surface area contributed by atoms with E-state index >= 15 is 0 Å². The second-order valence-electron chi connectivity index (χ2n) is 29.9. The van der Waals surface area contributed by atoms with Gasteiger partial charge in [0.25, 0.3) is 0 Å². The molecule has 0 amide bonds. The van der Waals surface area contributed by atoms with Crippen molar-refractivity contribution in [2.45, 2.75) is 408 Å². The SMILES string of the molecule is CCCCCCCCCCOc1ccc(-c2cc(-c3cc(OCCCCCCCCCC)c(OCCCCCCCCCC)c(OCCCCCCCCCC)c3)nc(-c3ccc(OCCCCCCCCCC)c(OCCCCCCCCCC)c3)n2)cc1OCCCCCCCCCC. The molecule has 0 fully saturated rings. The molecule has 0 radical (unpaired) electrons. The topological polar surface area (TPSA) is 90.4 Å². The number of aromatic nitrogens is 2. The second-order valence-corrected chi connectivity index (χ2v) is 29.9. The van der Waals surface area contributed by atoms with Crippen molar-refractivity contribution in [1.29, 1.82) is 0 Å². The molecule has 0 saturated carbocycles. The van der Waals surface area contributed by atoms with Gasteiger partial charge in [-0.1, -0.05) is 363 Å². The number of nitrogens with zero attached hydrogens (tertiary/aromatic N) is 2. The lowest BCUT2D eigenvalue weighted by Gasteiger charge is -2.20. The van der Waals surface area contributed by atoms with Gasteiger partial charge in [-0.3, -0.25) is 0 Å². The fourth-order valence-electron chi connectivity index (χ4n) is 13.7. The van der Waals surface area contributed by atoms with Crippen LogP contribution >= 0.6 is 0 Å². The Morgan fingerprint density at radius 1 is 0.188 bits per heavy atom. The van der Waals surface area contributed by atoms with E-state index in [1.54, 1.807) is 0 Å². The zero-order valence-corrected chi connectivity index (χ0v) is 67.0. The van der Waals surface area contributed by atoms with Crippen LogP contribution in [0.1, 0.15) is 408 Å². The Hall–Kier alpha value is -4.66. The lowest BCUT2D eigenvalue weighted by molar-refractivity contribution is 0.234. The Kier molecular flexibility index (Phi) is 56.0. The van der Waals surface area contributed by atoms with Crippen molar-refractivity contribution < 1.29 is 33.2 Å². The van der Waals surface area contributed by atoms with E-state index in [2.05, 4.69) is 103 Å². The van der Waals surface area contributed by atoms with E-state index in [1.165, 1.54) is 283 Å². The van der Waals surface area contributed by atoms with Crippen LogP contribution in [0.5, 0.6) is 40.2 Å². The Morgan fingerprint density at radius 3 is 0.683 bits per heavy atom. The maximum absolute atomic E-state index is 7.00. The lowest BCUT2D eigenvalue weighted by Crippen LogP contribution is -2.07. The summed E-state index contributed by atoms with van der Waals surface area (Å²) in [5.74, 6) is 5.88. The molecular formula is C92H156N2O7. The highest BCUT2D eigenvalue weighted by molar-refractivity contribution is 5.76.